The number of aromatic nitrogens is 1. The number of nitrogens with zero attached hydrogens (tertiary/aromatic N) is 1. The first-order chi connectivity index (χ1) is 9.13. The number of benzene rings is 1. The number of aromatic hydroxyl groups is 1. The van der Waals surface area contributed by atoms with Gasteiger partial charge in [0.05, 0.1) is 18.3 Å². The Hall–Kier alpha value is -1.78. The number of halogens is 1. The summed E-state index contributed by atoms with van der Waals surface area (Å²) in [7, 11) is 0. The van der Waals surface area contributed by atoms with E-state index in [2.05, 4.69) is 0 Å². The second-order valence-electron chi connectivity index (χ2n) is 4.55. The van der Waals surface area contributed by atoms with Gasteiger partial charge in [0.2, 0.25) is 5.43 Å². The molecule has 20 heavy (non-hydrogen) atoms. The van der Waals surface area contributed by atoms with Gasteiger partial charge >= 0.3 is 0 Å². The Morgan fingerprint density at radius 2 is 1.85 bits per heavy atom. The molecule has 0 aliphatic rings. The molecule has 1 heterocycles. The van der Waals surface area contributed by atoms with Gasteiger partial charge in [0.15, 0.2) is 5.75 Å². The zero-order chi connectivity index (χ0) is 13.8. The topological polar surface area (TPSA) is 62.5 Å². The lowest BCUT2D eigenvalue weighted by atomic mass is 10.1. The molecule has 0 radical (unpaired) electrons. The summed E-state index contributed by atoms with van der Waals surface area (Å²) in [5, 5.41) is 19.2. The lowest BCUT2D eigenvalue weighted by molar-refractivity contribution is 0.224. The SMILES string of the molecule is Cc1c(O)c(=O)ccn1[C@@H](CO)Cc1ccccc1.Cl. The number of rotatable bonds is 4. The molecule has 0 saturated heterocycles. The molecule has 1 aromatic heterocycles. The van der Waals surface area contributed by atoms with Gasteiger partial charge in [0, 0.05) is 12.3 Å². The van der Waals surface area contributed by atoms with Crippen molar-refractivity contribution in [2.75, 3.05) is 6.61 Å². The van der Waals surface area contributed by atoms with Crippen LogP contribution in [-0.2, 0) is 6.42 Å². The summed E-state index contributed by atoms with van der Waals surface area (Å²) >= 11 is 0. The summed E-state index contributed by atoms with van der Waals surface area (Å²) in [4.78, 5) is 11.3. The fourth-order valence-corrected chi connectivity index (χ4v) is 2.17. The molecule has 2 aromatic rings. The summed E-state index contributed by atoms with van der Waals surface area (Å²) < 4.78 is 1.74. The Labute approximate surface area is 123 Å². The first kappa shape index (κ1) is 16.3. The second kappa shape index (κ2) is 7.12. The van der Waals surface area contributed by atoms with Crippen LogP contribution in [0.1, 0.15) is 17.3 Å². The van der Waals surface area contributed by atoms with Crippen LogP contribution in [0, 0.1) is 6.92 Å². The summed E-state index contributed by atoms with van der Waals surface area (Å²) in [6.07, 6.45) is 2.25. The number of pyridine rings is 1. The van der Waals surface area contributed by atoms with Crippen molar-refractivity contribution in [1.82, 2.24) is 4.57 Å². The zero-order valence-corrected chi connectivity index (χ0v) is 12.0. The van der Waals surface area contributed by atoms with E-state index in [1.165, 1.54) is 6.07 Å². The van der Waals surface area contributed by atoms with E-state index in [1.54, 1.807) is 17.7 Å². The van der Waals surface area contributed by atoms with E-state index < -0.39 is 5.43 Å². The molecule has 5 heteroatoms. The van der Waals surface area contributed by atoms with Gasteiger partial charge < -0.3 is 14.8 Å². The average Bonchev–Trinajstić information content (AvgIpc) is 2.44. The molecule has 0 aliphatic heterocycles. The molecular weight excluding hydrogens is 278 g/mol. The summed E-state index contributed by atoms with van der Waals surface area (Å²) in [5.41, 5.74) is 1.17. The molecule has 4 nitrogen and oxygen atoms in total. The summed E-state index contributed by atoms with van der Waals surface area (Å²) in [6.45, 7) is 1.61. The van der Waals surface area contributed by atoms with Gasteiger partial charge in [0.25, 0.3) is 0 Å². The highest BCUT2D eigenvalue weighted by atomic mass is 35.5. The van der Waals surface area contributed by atoms with Gasteiger partial charge in [-0.2, -0.15) is 0 Å². The fourth-order valence-electron chi connectivity index (χ4n) is 2.17. The van der Waals surface area contributed by atoms with Gasteiger partial charge in [-0.3, -0.25) is 4.79 Å². The van der Waals surface area contributed by atoms with Crippen molar-refractivity contribution < 1.29 is 10.2 Å². The van der Waals surface area contributed by atoms with Gasteiger partial charge in [-0.1, -0.05) is 30.3 Å². The van der Waals surface area contributed by atoms with Crippen LogP contribution in [-0.4, -0.2) is 21.4 Å². The maximum Gasteiger partial charge on any atom is 0.223 e. The highest BCUT2D eigenvalue weighted by Gasteiger charge is 2.14. The van der Waals surface area contributed by atoms with E-state index in [0.29, 0.717) is 12.1 Å². The minimum Gasteiger partial charge on any atom is -0.503 e. The molecule has 108 valence electrons. The first-order valence-corrected chi connectivity index (χ1v) is 6.19. The van der Waals surface area contributed by atoms with Crippen molar-refractivity contribution in [1.29, 1.82) is 0 Å². The number of aliphatic hydroxyl groups is 1. The normalized spacial score (nSPS) is 11.7. The molecule has 2 rings (SSSR count). The molecule has 1 aromatic carbocycles. The molecule has 0 amide bonds. The Bertz CT molecular complexity index is 610. The number of aliphatic hydroxyl groups excluding tert-OH is 1. The summed E-state index contributed by atoms with van der Waals surface area (Å²) in [6, 6.07) is 10.9. The molecule has 0 bridgehead atoms. The van der Waals surface area contributed by atoms with Crippen molar-refractivity contribution in [3.63, 3.8) is 0 Å². The van der Waals surface area contributed by atoms with Crippen molar-refractivity contribution >= 4 is 12.4 Å². The van der Waals surface area contributed by atoms with E-state index in [4.69, 9.17) is 0 Å². The van der Waals surface area contributed by atoms with Crippen LogP contribution >= 0.6 is 12.4 Å². The van der Waals surface area contributed by atoms with E-state index in [9.17, 15) is 15.0 Å². The molecular formula is C15H18ClNO3. The molecule has 1 atom stereocenters. The monoisotopic (exact) mass is 295 g/mol. The predicted molar refractivity (Wildman–Crippen MR) is 80.6 cm³/mol. The zero-order valence-electron chi connectivity index (χ0n) is 11.2. The van der Waals surface area contributed by atoms with Crippen molar-refractivity contribution in [2.24, 2.45) is 0 Å². The lowest BCUT2D eigenvalue weighted by Crippen LogP contribution is -2.20. The summed E-state index contributed by atoms with van der Waals surface area (Å²) in [5.74, 6) is -0.256. The van der Waals surface area contributed by atoms with E-state index in [1.807, 2.05) is 30.3 Å². The lowest BCUT2D eigenvalue weighted by Gasteiger charge is -2.21. The highest BCUT2D eigenvalue weighted by Crippen LogP contribution is 2.19. The van der Waals surface area contributed by atoms with E-state index >= 15 is 0 Å². The Kier molecular flexibility index (Phi) is 5.80. The van der Waals surface area contributed by atoms with Crippen molar-refractivity contribution in [3.05, 3.63) is 64.1 Å². The minimum atomic E-state index is -0.398. The Morgan fingerprint density at radius 1 is 1.20 bits per heavy atom. The maximum absolute atomic E-state index is 11.3. The third-order valence-corrected chi connectivity index (χ3v) is 3.27. The van der Waals surface area contributed by atoms with Crippen LogP contribution < -0.4 is 5.43 Å². The van der Waals surface area contributed by atoms with Crippen LogP contribution in [0.2, 0.25) is 0 Å². The average molecular weight is 296 g/mol. The van der Waals surface area contributed by atoms with Crippen LogP contribution in [0.3, 0.4) is 0 Å². The van der Waals surface area contributed by atoms with E-state index in [-0.39, 0.29) is 30.8 Å². The molecule has 0 saturated carbocycles. The predicted octanol–water partition coefficient (Wildman–Crippen LogP) is 2.06. The van der Waals surface area contributed by atoms with Gasteiger partial charge in [-0.05, 0) is 18.9 Å². The van der Waals surface area contributed by atoms with Gasteiger partial charge in [-0.25, -0.2) is 0 Å². The van der Waals surface area contributed by atoms with Gasteiger partial charge in [0.1, 0.15) is 0 Å². The minimum absolute atomic E-state index is 0. The number of hydrogen-bond donors (Lipinski definition) is 2. The molecule has 0 aliphatic carbocycles. The van der Waals surface area contributed by atoms with Crippen molar-refractivity contribution in [3.8, 4) is 5.75 Å². The van der Waals surface area contributed by atoms with E-state index in [0.717, 1.165) is 5.56 Å². The molecule has 2 N–H and O–H groups in total. The molecule has 0 unspecified atom stereocenters. The fraction of sp³-hybridized carbons (Fsp3) is 0.267. The first-order valence-electron chi connectivity index (χ1n) is 6.19. The third-order valence-electron chi connectivity index (χ3n) is 3.27. The third kappa shape index (κ3) is 3.40. The molecule has 0 spiro atoms. The van der Waals surface area contributed by atoms with Crippen molar-refractivity contribution in [2.45, 2.75) is 19.4 Å². The Morgan fingerprint density at radius 3 is 2.45 bits per heavy atom. The van der Waals surface area contributed by atoms with Crippen LogP contribution in [0.25, 0.3) is 0 Å². The smallest absolute Gasteiger partial charge is 0.223 e. The quantitative estimate of drug-likeness (QED) is 0.907. The van der Waals surface area contributed by atoms with Crippen LogP contribution in [0.15, 0.2) is 47.4 Å². The standard InChI is InChI=1S/C15H17NO3.ClH/c1-11-15(19)14(18)7-8-16(11)13(10-17)9-12-5-3-2-4-6-12;/h2-8,13,17,19H,9-10H2,1H3;1H/t13-;/m1./s1. The van der Waals surface area contributed by atoms with Crippen LogP contribution in [0.4, 0.5) is 0 Å². The number of hydrogen-bond acceptors (Lipinski definition) is 3. The van der Waals surface area contributed by atoms with Crippen LogP contribution in [0.5, 0.6) is 5.75 Å². The highest BCUT2D eigenvalue weighted by molar-refractivity contribution is 5.85. The second-order valence-corrected chi connectivity index (χ2v) is 4.55. The molecule has 0 fully saturated rings. The van der Waals surface area contributed by atoms with Gasteiger partial charge in [-0.15, -0.1) is 12.4 Å². The maximum atomic E-state index is 11.3. The Balaban J connectivity index is 0.00000200. The largest absolute Gasteiger partial charge is 0.503 e.